The van der Waals surface area contributed by atoms with Crippen LogP contribution in [0.15, 0.2) is 47.3 Å². The van der Waals surface area contributed by atoms with Crippen LogP contribution in [0.5, 0.6) is 5.75 Å². The van der Waals surface area contributed by atoms with Crippen LogP contribution in [0.2, 0.25) is 0 Å². The molecule has 0 saturated carbocycles. The zero-order valence-electron chi connectivity index (χ0n) is 15.1. The largest absolute Gasteiger partial charge is 0.502 e. The van der Waals surface area contributed by atoms with Crippen molar-refractivity contribution in [3.63, 3.8) is 0 Å². The van der Waals surface area contributed by atoms with E-state index in [-0.39, 0.29) is 11.3 Å². The number of nitro groups is 1. The van der Waals surface area contributed by atoms with Crippen molar-refractivity contribution in [1.82, 2.24) is 4.57 Å². The van der Waals surface area contributed by atoms with E-state index in [4.69, 9.17) is 0 Å². The Morgan fingerprint density at radius 2 is 1.96 bits per heavy atom. The predicted molar refractivity (Wildman–Crippen MR) is 107 cm³/mol. The number of thiazole rings is 1. The number of aryl methyl sites for hydroxylation is 1. The Hall–Kier alpha value is -3.52. The molecule has 3 aromatic rings. The molecule has 0 atom stereocenters. The molecule has 1 N–H and O–H groups in total. The third-order valence-corrected chi connectivity index (χ3v) is 5.33. The Morgan fingerprint density at radius 1 is 1.25 bits per heavy atom. The second-order valence-electron chi connectivity index (χ2n) is 6.14. The average molecular weight is 396 g/mol. The molecule has 0 spiro atoms. The molecular weight excluding hydrogens is 380 g/mol. The van der Waals surface area contributed by atoms with Crippen LogP contribution in [0.25, 0.3) is 12.2 Å². The number of phenolic OH excluding ortho intramolecular Hbond substituents is 1. The molecule has 8 heteroatoms. The van der Waals surface area contributed by atoms with E-state index in [1.807, 2.05) is 19.1 Å². The molecule has 28 heavy (non-hydrogen) atoms. The summed E-state index contributed by atoms with van der Waals surface area (Å²) >= 11 is 1.11. The first-order chi connectivity index (χ1) is 13.3. The quantitative estimate of drug-likeness (QED) is 0.412. The summed E-state index contributed by atoms with van der Waals surface area (Å²) in [7, 11) is 1.56. The van der Waals surface area contributed by atoms with Gasteiger partial charge in [0.2, 0.25) is 0 Å². The van der Waals surface area contributed by atoms with E-state index in [2.05, 4.69) is 0 Å². The monoisotopic (exact) mass is 396 g/mol. The summed E-state index contributed by atoms with van der Waals surface area (Å²) in [4.78, 5) is 35.3. The molecule has 0 aliphatic carbocycles. The second kappa shape index (κ2) is 7.61. The number of carbonyl (C=O) groups is 1. The maximum absolute atomic E-state index is 12.5. The lowest BCUT2D eigenvalue weighted by molar-refractivity contribution is -0.385. The van der Waals surface area contributed by atoms with Crippen molar-refractivity contribution in [3.05, 3.63) is 88.8 Å². The Bertz CT molecular complexity index is 1270. The molecule has 0 bridgehead atoms. The third kappa shape index (κ3) is 3.77. The molecule has 2 aromatic carbocycles. The number of ketones is 1. The van der Waals surface area contributed by atoms with Crippen LogP contribution in [-0.4, -0.2) is 20.4 Å². The van der Waals surface area contributed by atoms with E-state index in [9.17, 15) is 24.8 Å². The number of hydrogen-bond donors (Lipinski definition) is 1. The lowest BCUT2D eigenvalue weighted by Gasteiger charge is -1.99. The molecule has 0 saturated heterocycles. The summed E-state index contributed by atoms with van der Waals surface area (Å²) < 4.78 is 2.16. The minimum atomic E-state index is -0.695. The highest BCUT2D eigenvalue weighted by molar-refractivity contribution is 7.07. The van der Waals surface area contributed by atoms with Gasteiger partial charge in [0.25, 0.3) is 5.56 Å². The zero-order chi connectivity index (χ0) is 20.4. The number of nitro benzene ring substituents is 1. The number of nitrogens with zero attached hydrogens (tertiary/aromatic N) is 2. The molecule has 0 aliphatic rings. The van der Waals surface area contributed by atoms with Gasteiger partial charge < -0.3 is 9.67 Å². The highest BCUT2D eigenvalue weighted by atomic mass is 32.1. The van der Waals surface area contributed by atoms with Crippen LogP contribution in [0.3, 0.4) is 0 Å². The van der Waals surface area contributed by atoms with Crippen molar-refractivity contribution in [2.24, 2.45) is 7.05 Å². The van der Waals surface area contributed by atoms with Gasteiger partial charge in [0.05, 0.1) is 9.46 Å². The number of Topliss-reactive ketones (excluding diaryl/α,β-unsaturated/α-hetero) is 1. The fourth-order valence-corrected chi connectivity index (χ4v) is 3.71. The van der Waals surface area contributed by atoms with E-state index in [1.54, 1.807) is 19.2 Å². The molecule has 0 aliphatic heterocycles. The summed E-state index contributed by atoms with van der Waals surface area (Å²) in [5, 5.41) is 20.5. The molecule has 0 unspecified atom stereocenters. The average Bonchev–Trinajstić information content (AvgIpc) is 2.91. The molecule has 3 rings (SSSR count). The summed E-state index contributed by atoms with van der Waals surface area (Å²) in [6.45, 7) is 1.84. The SMILES string of the molecule is Cc1ccccc1C(=O)/C=c1\s/c(=C\c2ccc(O)c([N+](=O)[O-])c2)c(=O)n1C. The molecule has 1 heterocycles. The highest BCUT2D eigenvalue weighted by Gasteiger charge is 2.13. The molecule has 1 aromatic heterocycles. The number of rotatable bonds is 4. The lowest BCUT2D eigenvalue weighted by atomic mass is 10.1. The predicted octanol–water partition coefficient (Wildman–Crippen LogP) is 1.86. The van der Waals surface area contributed by atoms with E-state index < -0.39 is 16.4 Å². The number of aromatic nitrogens is 1. The van der Waals surface area contributed by atoms with E-state index in [0.29, 0.717) is 20.3 Å². The van der Waals surface area contributed by atoms with Crippen molar-refractivity contribution < 1.29 is 14.8 Å². The smallest absolute Gasteiger partial charge is 0.311 e. The highest BCUT2D eigenvalue weighted by Crippen LogP contribution is 2.26. The molecule has 0 amide bonds. The van der Waals surface area contributed by atoms with Gasteiger partial charge in [-0.25, -0.2) is 0 Å². The molecule has 7 nitrogen and oxygen atoms in total. The summed E-state index contributed by atoms with van der Waals surface area (Å²) in [5.41, 5.74) is 1.05. The van der Waals surface area contributed by atoms with Gasteiger partial charge in [-0.15, -0.1) is 11.3 Å². The first kappa shape index (κ1) is 19.2. The van der Waals surface area contributed by atoms with Crippen molar-refractivity contribution in [3.8, 4) is 5.75 Å². The van der Waals surface area contributed by atoms with Crippen molar-refractivity contribution in [1.29, 1.82) is 0 Å². The van der Waals surface area contributed by atoms with Crippen LogP contribution in [0, 0.1) is 17.0 Å². The number of aromatic hydroxyl groups is 1. The van der Waals surface area contributed by atoms with E-state index in [0.717, 1.165) is 16.9 Å². The summed E-state index contributed by atoms with van der Waals surface area (Å²) in [5.74, 6) is -0.652. The minimum Gasteiger partial charge on any atom is -0.502 e. The first-order valence-electron chi connectivity index (χ1n) is 8.24. The van der Waals surface area contributed by atoms with Crippen molar-refractivity contribution in [2.45, 2.75) is 6.92 Å². The Morgan fingerprint density at radius 3 is 2.64 bits per heavy atom. The standard InChI is InChI=1S/C20H16N2O5S/c1-12-5-3-4-6-14(12)17(24)11-19-21(2)20(25)18(28-19)10-13-7-8-16(23)15(9-13)22(26)27/h3-11,23H,1-2H3/b18-10-,19-11-. The summed E-state index contributed by atoms with van der Waals surface area (Å²) in [6, 6.07) is 11.1. The molecular formula is C20H16N2O5S. The number of benzene rings is 2. The Balaban J connectivity index is 2.10. The molecule has 142 valence electrons. The van der Waals surface area contributed by atoms with Crippen molar-refractivity contribution >= 4 is 35.0 Å². The van der Waals surface area contributed by atoms with Crippen LogP contribution >= 0.6 is 11.3 Å². The van der Waals surface area contributed by atoms with Gasteiger partial charge in [0.15, 0.2) is 11.5 Å². The normalized spacial score (nSPS) is 12.4. The van der Waals surface area contributed by atoms with Gasteiger partial charge in [0.1, 0.15) is 4.66 Å². The van der Waals surface area contributed by atoms with Gasteiger partial charge >= 0.3 is 5.69 Å². The van der Waals surface area contributed by atoms with E-state index >= 15 is 0 Å². The van der Waals surface area contributed by atoms with Gasteiger partial charge in [-0.1, -0.05) is 30.3 Å². The Kier molecular flexibility index (Phi) is 5.23. The second-order valence-corrected chi connectivity index (χ2v) is 7.20. The number of phenols is 1. The maximum atomic E-state index is 12.5. The number of hydrogen-bond acceptors (Lipinski definition) is 6. The van der Waals surface area contributed by atoms with Crippen LogP contribution < -0.4 is 14.8 Å². The fourth-order valence-electron chi connectivity index (χ4n) is 2.67. The fraction of sp³-hybridized carbons (Fsp3) is 0.100. The van der Waals surface area contributed by atoms with Crippen LogP contribution in [0.4, 0.5) is 5.69 Å². The topological polar surface area (TPSA) is 102 Å². The maximum Gasteiger partial charge on any atom is 0.311 e. The van der Waals surface area contributed by atoms with Gasteiger partial charge in [-0.3, -0.25) is 19.7 Å². The van der Waals surface area contributed by atoms with E-state index in [1.165, 1.54) is 34.9 Å². The van der Waals surface area contributed by atoms with Gasteiger partial charge in [0, 0.05) is 24.8 Å². The number of carbonyl (C=O) groups excluding carboxylic acids is 1. The van der Waals surface area contributed by atoms with Crippen LogP contribution in [0.1, 0.15) is 21.5 Å². The van der Waals surface area contributed by atoms with Crippen LogP contribution in [-0.2, 0) is 7.05 Å². The minimum absolute atomic E-state index is 0.207. The Labute approximate surface area is 163 Å². The first-order valence-corrected chi connectivity index (χ1v) is 9.06. The molecule has 0 radical (unpaired) electrons. The third-order valence-electron chi connectivity index (χ3n) is 4.22. The zero-order valence-corrected chi connectivity index (χ0v) is 15.9. The van der Waals surface area contributed by atoms with Gasteiger partial charge in [-0.2, -0.15) is 0 Å². The molecule has 0 fully saturated rings. The van der Waals surface area contributed by atoms with Crippen molar-refractivity contribution in [2.75, 3.05) is 0 Å². The summed E-state index contributed by atoms with van der Waals surface area (Å²) in [6.07, 6.45) is 2.90. The lowest BCUT2D eigenvalue weighted by Crippen LogP contribution is -2.29. The van der Waals surface area contributed by atoms with Gasteiger partial charge in [-0.05, 0) is 30.2 Å².